The minimum Gasteiger partial charge on any atom is -0.338 e. The van der Waals surface area contributed by atoms with Crippen LogP contribution in [0.3, 0.4) is 0 Å². The maximum Gasteiger partial charge on any atom is 0.180 e. The second-order valence-electron chi connectivity index (χ2n) is 1.66. The van der Waals surface area contributed by atoms with Gasteiger partial charge in [0, 0.05) is 18.5 Å². The Hall–Kier alpha value is -1.45. The van der Waals surface area contributed by atoms with E-state index >= 15 is 0 Å². The van der Waals surface area contributed by atoms with E-state index < -0.39 is 0 Å². The fourth-order valence-electron chi connectivity index (χ4n) is 0.488. The first-order valence-corrected chi connectivity index (χ1v) is 2.74. The van der Waals surface area contributed by atoms with Gasteiger partial charge in [0.25, 0.3) is 0 Å². The SMILES string of the molecule is C=c1onn/c1=C/C=N\C. The van der Waals surface area contributed by atoms with Gasteiger partial charge in [-0.05, 0) is 6.08 Å². The highest BCUT2D eigenvalue weighted by atomic mass is 16.5. The lowest BCUT2D eigenvalue weighted by Gasteiger charge is -1.66. The molecule has 0 aliphatic heterocycles. The number of hydrogen-bond donors (Lipinski definition) is 0. The number of rotatable bonds is 1. The summed E-state index contributed by atoms with van der Waals surface area (Å²) in [7, 11) is 1.67. The number of aromatic nitrogens is 2. The van der Waals surface area contributed by atoms with Crippen molar-refractivity contribution in [2.24, 2.45) is 4.99 Å². The maximum absolute atomic E-state index is 4.60. The zero-order chi connectivity index (χ0) is 7.40. The van der Waals surface area contributed by atoms with Crippen molar-refractivity contribution in [2.45, 2.75) is 0 Å². The van der Waals surface area contributed by atoms with Crippen LogP contribution in [-0.2, 0) is 0 Å². The van der Waals surface area contributed by atoms with Crippen LogP contribution in [0.1, 0.15) is 0 Å². The third-order valence-corrected chi connectivity index (χ3v) is 0.967. The summed E-state index contributed by atoms with van der Waals surface area (Å²) in [5.41, 5.74) is 0.458. The quantitative estimate of drug-likeness (QED) is 0.464. The molecule has 4 heteroatoms. The highest BCUT2D eigenvalue weighted by Crippen LogP contribution is 1.55. The first-order chi connectivity index (χ1) is 4.84. The highest BCUT2D eigenvalue weighted by molar-refractivity contribution is 5.90. The number of hydrogen-bond acceptors (Lipinski definition) is 4. The molecule has 4 nitrogen and oxygen atoms in total. The van der Waals surface area contributed by atoms with Gasteiger partial charge >= 0.3 is 0 Å². The molecule has 0 amide bonds. The van der Waals surface area contributed by atoms with E-state index in [1.54, 1.807) is 19.3 Å². The molecule has 0 aliphatic carbocycles. The lowest BCUT2D eigenvalue weighted by atomic mass is 10.5. The van der Waals surface area contributed by atoms with E-state index in [4.69, 9.17) is 0 Å². The average Bonchev–Trinajstić information content (AvgIpc) is 2.31. The molecule has 52 valence electrons. The fraction of sp³-hybridized carbons (Fsp3) is 0.167. The molecule has 0 unspecified atom stereocenters. The smallest absolute Gasteiger partial charge is 0.180 e. The zero-order valence-corrected chi connectivity index (χ0v) is 5.61. The minimum atomic E-state index is 0.458. The topological polar surface area (TPSA) is 51.3 Å². The lowest BCUT2D eigenvalue weighted by Crippen LogP contribution is -2.20. The van der Waals surface area contributed by atoms with E-state index in [1.807, 2.05) is 0 Å². The van der Waals surface area contributed by atoms with Crippen LogP contribution < -0.4 is 10.8 Å². The van der Waals surface area contributed by atoms with E-state index in [9.17, 15) is 0 Å². The van der Waals surface area contributed by atoms with E-state index in [2.05, 4.69) is 26.5 Å². The molecule has 0 N–H and O–H groups in total. The lowest BCUT2D eigenvalue weighted by molar-refractivity contribution is 0.372. The van der Waals surface area contributed by atoms with Crippen molar-refractivity contribution in [1.82, 2.24) is 10.4 Å². The van der Waals surface area contributed by atoms with E-state index in [0.29, 0.717) is 10.8 Å². The van der Waals surface area contributed by atoms with Crippen molar-refractivity contribution in [3.05, 3.63) is 10.8 Å². The van der Waals surface area contributed by atoms with Crippen LogP contribution >= 0.6 is 0 Å². The maximum atomic E-state index is 4.60. The van der Waals surface area contributed by atoms with Gasteiger partial charge in [-0.3, -0.25) is 4.99 Å². The highest BCUT2D eigenvalue weighted by Gasteiger charge is 1.84. The van der Waals surface area contributed by atoms with Gasteiger partial charge in [0.1, 0.15) is 5.35 Å². The predicted octanol–water partition coefficient (Wildman–Crippen LogP) is -1.04. The Morgan fingerprint density at radius 3 is 3.00 bits per heavy atom. The summed E-state index contributed by atoms with van der Waals surface area (Å²) in [6.07, 6.45) is 3.28. The Morgan fingerprint density at radius 2 is 2.50 bits per heavy atom. The Balaban J connectivity index is 3.16. The Morgan fingerprint density at radius 1 is 1.70 bits per heavy atom. The van der Waals surface area contributed by atoms with Gasteiger partial charge < -0.3 is 4.52 Å². The molecule has 1 aromatic heterocycles. The summed E-state index contributed by atoms with van der Waals surface area (Å²) in [6, 6.07) is 0. The molecule has 1 heterocycles. The summed E-state index contributed by atoms with van der Waals surface area (Å²) in [5.74, 6) is 0. The molecule has 0 atom stereocenters. The normalized spacial score (nSPS) is 13.1. The largest absolute Gasteiger partial charge is 0.338 e. The van der Waals surface area contributed by atoms with Crippen LogP contribution in [0.4, 0.5) is 0 Å². The van der Waals surface area contributed by atoms with Gasteiger partial charge in [0.15, 0.2) is 5.42 Å². The van der Waals surface area contributed by atoms with Gasteiger partial charge in [-0.25, -0.2) is 0 Å². The molecule has 1 aromatic rings. The van der Waals surface area contributed by atoms with E-state index in [1.165, 1.54) is 0 Å². The van der Waals surface area contributed by atoms with Crippen molar-refractivity contribution < 1.29 is 4.52 Å². The molecule has 0 saturated heterocycles. The first kappa shape index (κ1) is 6.67. The van der Waals surface area contributed by atoms with Crippen LogP contribution in [-0.4, -0.2) is 23.6 Å². The van der Waals surface area contributed by atoms with Gasteiger partial charge in [-0.15, -0.1) is 5.10 Å². The summed E-state index contributed by atoms with van der Waals surface area (Å²) in [6.45, 7) is 3.55. The zero-order valence-electron chi connectivity index (χ0n) is 5.61. The Labute approximate surface area is 57.6 Å². The summed E-state index contributed by atoms with van der Waals surface area (Å²) in [4.78, 5) is 3.73. The minimum absolute atomic E-state index is 0.458. The van der Waals surface area contributed by atoms with Gasteiger partial charge in [0.2, 0.25) is 0 Å². The molecule has 10 heavy (non-hydrogen) atoms. The first-order valence-electron chi connectivity index (χ1n) is 2.74. The average molecular weight is 137 g/mol. The van der Waals surface area contributed by atoms with Crippen LogP contribution in [0.2, 0.25) is 0 Å². The van der Waals surface area contributed by atoms with Gasteiger partial charge in [0.05, 0.1) is 0 Å². The molecule has 0 aromatic carbocycles. The molecule has 0 bridgehead atoms. The Kier molecular flexibility index (Phi) is 1.94. The predicted molar refractivity (Wildman–Crippen MR) is 38.0 cm³/mol. The second-order valence-corrected chi connectivity index (χ2v) is 1.66. The molecule has 0 spiro atoms. The molecule has 0 fully saturated rings. The number of nitrogens with zero attached hydrogens (tertiary/aromatic N) is 3. The number of aliphatic imine (C=N–C) groups is 1. The van der Waals surface area contributed by atoms with Crippen molar-refractivity contribution in [2.75, 3.05) is 7.05 Å². The monoisotopic (exact) mass is 137 g/mol. The van der Waals surface area contributed by atoms with Crippen molar-refractivity contribution in [3.8, 4) is 0 Å². The molecular formula is C6H7N3O. The molecule has 0 aliphatic rings. The van der Waals surface area contributed by atoms with Gasteiger partial charge in [-0.1, -0.05) is 6.58 Å². The molecular weight excluding hydrogens is 130 g/mol. The second kappa shape index (κ2) is 2.91. The summed E-state index contributed by atoms with van der Waals surface area (Å²) >= 11 is 0. The molecule has 1 rings (SSSR count). The van der Waals surface area contributed by atoms with Crippen molar-refractivity contribution in [3.63, 3.8) is 0 Å². The van der Waals surface area contributed by atoms with Crippen LogP contribution in [0.25, 0.3) is 12.7 Å². The third-order valence-electron chi connectivity index (χ3n) is 0.967. The van der Waals surface area contributed by atoms with E-state index in [-0.39, 0.29) is 0 Å². The Bertz CT molecular complexity index is 325. The third kappa shape index (κ3) is 1.28. The molecule has 0 radical (unpaired) electrons. The van der Waals surface area contributed by atoms with Crippen LogP contribution in [0.5, 0.6) is 0 Å². The van der Waals surface area contributed by atoms with Crippen molar-refractivity contribution >= 4 is 18.9 Å². The van der Waals surface area contributed by atoms with E-state index in [0.717, 1.165) is 0 Å². The van der Waals surface area contributed by atoms with Gasteiger partial charge in [-0.2, -0.15) is 0 Å². The van der Waals surface area contributed by atoms with Crippen LogP contribution in [0, 0.1) is 0 Å². The van der Waals surface area contributed by atoms with Crippen LogP contribution in [0.15, 0.2) is 9.52 Å². The summed E-state index contributed by atoms with van der Waals surface area (Å²) < 4.78 is 4.60. The molecule has 0 saturated carbocycles. The standard InChI is InChI=1S/C6H7N3O/c1-5-6(3-4-7-2)8-9-10-5/h3-4H,1H2,2H3/b6-3+,7-4-. The van der Waals surface area contributed by atoms with Crippen molar-refractivity contribution in [1.29, 1.82) is 0 Å². The summed E-state index contributed by atoms with van der Waals surface area (Å²) in [5, 5.41) is 7.54. The fourth-order valence-corrected chi connectivity index (χ4v) is 0.488.